The number of Topliss-reactive ketones (excluding diaryl/α,β-unsaturated/α-hetero) is 1. The quantitative estimate of drug-likeness (QED) is 0.798. The molecule has 3 rings (SSSR count). The molecule has 0 amide bonds. The van der Waals surface area contributed by atoms with Gasteiger partial charge in [-0.25, -0.2) is 4.98 Å². The van der Waals surface area contributed by atoms with Gasteiger partial charge in [0.15, 0.2) is 5.01 Å². The van der Waals surface area contributed by atoms with Crippen LogP contribution < -0.4 is 5.32 Å². The summed E-state index contributed by atoms with van der Waals surface area (Å²) >= 11 is 1.63. The van der Waals surface area contributed by atoms with Crippen LogP contribution in [0.4, 0.5) is 0 Å². The van der Waals surface area contributed by atoms with E-state index in [4.69, 9.17) is 0 Å². The monoisotopic (exact) mass is 236 g/mol. The summed E-state index contributed by atoms with van der Waals surface area (Å²) in [6, 6.07) is 0.0348. The number of hydrogen-bond donors (Lipinski definition) is 1. The van der Waals surface area contributed by atoms with Crippen LogP contribution in [0.15, 0.2) is 0 Å². The zero-order chi connectivity index (χ0) is 11.0. The molecule has 1 aromatic heterocycles. The van der Waals surface area contributed by atoms with Crippen LogP contribution in [0.5, 0.6) is 0 Å². The Morgan fingerprint density at radius 3 is 2.94 bits per heavy atom. The number of ketones is 1. The number of carbonyl (C=O) groups excluding carboxylic acids is 1. The van der Waals surface area contributed by atoms with E-state index in [1.165, 1.54) is 23.4 Å². The minimum Gasteiger partial charge on any atom is -0.307 e. The molecule has 0 bridgehead atoms. The average molecular weight is 236 g/mol. The van der Waals surface area contributed by atoms with E-state index in [1.54, 1.807) is 11.3 Å². The second-order valence-electron chi connectivity index (χ2n) is 4.61. The third kappa shape index (κ3) is 1.80. The van der Waals surface area contributed by atoms with Gasteiger partial charge in [0.25, 0.3) is 0 Å². The first-order valence-corrected chi connectivity index (χ1v) is 6.92. The van der Waals surface area contributed by atoms with Crippen LogP contribution in [-0.4, -0.2) is 23.4 Å². The van der Waals surface area contributed by atoms with Crippen molar-refractivity contribution in [3.05, 3.63) is 15.6 Å². The van der Waals surface area contributed by atoms with Gasteiger partial charge in [-0.3, -0.25) is 4.79 Å². The lowest BCUT2D eigenvalue weighted by Crippen LogP contribution is -2.30. The molecule has 0 spiro atoms. The fraction of sp³-hybridized carbons (Fsp3) is 0.667. The fourth-order valence-electron chi connectivity index (χ4n) is 2.51. The van der Waals surface area contributed by atoms with Crippen LogP contribution in [0.3, 0.4) is 0 Å². The fourth-order valence-corrected chi connectivity index (χ4v) is 3.66. The topological polar surface area (TPSA) is 42.0 Å². The predicted molar refractivity (Wildman–Crippen MR) is 64.1 cm³/mol. The molecular weight excluding hydrogens is 220 g/mol. The van der Waals surface area contributed by atoms with Crippen molar-refractivity contribution in [2.75, 3.05) is 6.54 Å². The Hall–Kier alpha value is -0.740. The molecule has 1 N–H and O–H groups in total. The lowest BCUT2D eigenvalue weighted by Gasteiger charge is -2.06. The second kappa shape index (κ2) is 4.26. The molecule has 0 aromatic carbocycles. The molecule has 0 radical (unpaired) electrons. The van der Waals surface area contributed by atoms with Crippen LogP contribution >= 0.6 is 11.3 Å². The summed E-state index contributed by atoms with van der Waals surface area (Å²) < 4.78 is 0. The maximum Gasteiger partial charge on any atom is 0.208 e. The number of hydrogen-bond acceptors (Lipinski definition) is 4. The van der Waals surface area contributed by atoms with Crippen LogP contribution in [-0.2, 0) is 12.8 Å². The van der Waals surface area contributed by atoms with E-state index in [-0.39, 0.29) is 11.8 Å². The predicted octanol–water partition coefficient (Wildman–Crippen LogP) is 1.96. The Morgan fingerprint density at radius 2 is 2.19 bits per heavy atom. The van der Waals surface area contributed by atoms with Gasteiger partial charge in [0.05, 0.1) is 11.7 Å². The molecule has 86 valence electrons. The summed E-state index contributed by atoms with van der Waals surface area (Å²) in [6.45, 7) is 0.974. The third-order valence-electron chi connectivity index (χ3n) is 3.43. The van der Waals surface area contributed by atoms with Crippen LogP contribution in [0.1, 0.15) is 46.1 Å². The molecule has 16 heavy (non-hydrogen) atoms. The highest BCUT2D eigenvalue weighted by molar-refractivity contribution is 7.13. The molecule has 1 fully saturated rings. The first-order chi connectivity index (χ1) is 7.84. The van der Waals surface area contributed by atoms with Gasteiger partial charge in [-0.15, -0.1) is 11.3 Å². The van der Waals surface area contributed by atoms with Crippen molar-refractivity contribution < 1.29 is 4.79 Å². The van der Waals surface area contributed by atoms with Crippen LogP contribution in [0.2, 0.25) is 0 Å². The summed E-state index contributed by atoms with van der Waals surface area (Å²) in [5.41, 5.74) is 1.19. The van der Waals surface area contributed by atoms with Crippen molar-refractivity contribution in [1.82, 2.24) is 10.3 Å². The zero-order valence-electron chi connectivity index (χ0n) is 9.29. The normalized spacial score (nSPS) is 24.4. The Kier molecular flexibility index (Phi) is 2.77. The zero-order valence-corrected chi connectivity index (χ0v) is 10.1. The molecule has 4 heteroatoms. The first kappa shape index (κ1) is 10.4. The maximum absolute atomic E-state index is 12.2. The van der Waals surface area contributed by atoms with Crippen molar-refractivity contribution in [2.24, 2.45) is 0 Å². The average Bonchev–Trinajstić information content (AvgIpc) is 2.97. The van der Waals surface area contributed by atoms with E-state index in [0.29, 0.717) is 0 Å². The highest BCUT2D eigenvalue weighted by Crippen LogP contribution is 2.28. The Bertz CT molecular complexity index is 384. The molecule has 1 aromatic rings. The lowest BCUT2D eigenvalue weighted by molar-refractivity contribution is 0.0952. The van der Waals surface area contributed by atoms with Gasteiger partial charge < -0.3 is 5.32 Å². The van der Waals surface area contributed by atoms with Crippen molar-refractivity contribution in [2.45, 2.75) is 44.6 Å². The van der Waals surface area contributed by atoms with E-state index in [2.05, 4.69) is 10.3 Å². The van der Waals surface area contributed by atoms with Crippen LogP contribution in [0, 0.1) is 0 Å². The maximum atomic E-state index is 12.2. The smallest absolute Gasteiger partial charge is 0.208 e. The van der Waals surface area contributed by atoms with Gasteiger partial charge in [-0.1, -0.05) is 0 Å². The molecule has 1 atom stereocenters. The number of carbonyl (C=O) groups is 1. The second-order valence-corrected chi connectivity index (χ2v) is 5.69. The summed E-state index contributed by atoms with van der Waals surface area (Å²) in [5.74, 6) is 0.219. The highest BCUT2D eigenvalue weighted by atomic mass is 32.1. The van der Waals surface area contributed by atoms with E-state index in [0.717, 1.165) is 37.2 Å². The van der Waals surface area contributed by atoms with Crippen molar-refractivity contribution >= 4 is 17.1 Å². The minimum atomic E-state index is 0.0348. The molecule has 1 aliphatic heterocycles. The molecular formula is C12H16N2OS. The van der Waals surface area contributed by atoms with E-state index < -0.39 is 0 Å². The molecule has 1 saturated heterocycles. The summed E-state index contributed by atoms with van der Waals surface area (Å²) in [6.07, 6.45) is 6.76. The Labute approximate surface area is 99.3 Å². The van der Waals surface area contributed by atoms with Gasteiger partial charge in [-0.2, -0.15) is 0 Å². The number of nitrogens with one attached hydrogen (secondary N) is 1. The molecule has 0 saturated carbocycles. The lowest BCUT2D eigenvalue weighted by atomic mass is 10.0. The number of fused-ring (bicyclic) bond motifs is 1. The summed E-state index contributed by atoms with van der Waals surface area (Å²) in [4.78, 5) is 18.0. The highest BCUT2D eigenvalue weighted by Gasteiger charge is 2.27. The largest absolute Gasteiger partial charge is 0.307 e. The number of aromatic nitrogens is 1. The van der Waals surface area contributed by atoms with Gasteiger partial charge in [0, 0.05) is 4.88 Å². The number of aryl methyl sites for hydroxylation is 2. The van der Waals surface area contributed by atoms with Crippen molar-refractivity contribution in [1.29, 1.82) is 0 Å². The van der Waals surface area contributed by atoms with Crippen LogP contribution in [0.25, 0.3) is 0 Å². The van der Waals surface area contributed by atoms with Gasteiger partial charge in [-0.05, 0) is 45.1 Å². The van der Waals surface area contributed by atoms with E-state index in [1.807, 2.05) is 0 Å². The molecule has 2 heterocycles. The third-order valence-corrected chi connectivity index (χ3v) is 4.61. The Morgan fingerprint density at radius 1 is 1.31 bits per heavy atom. The molecule has 3 nitrogen and oxygen atoms in total. The summed E-state index contributed by atoms with van der Waals surface area (Å²) in [5, 5.41) is 3.99. The SMILES string of the molecule is O=C(c1nc2c(s1)CCCC2)C1CCCN1. The van der Waals surface area contributed by atoms with Crippen molar-refractivity contribution in [3.8, 4) is 0 Å². The van der Waals surface area contributed by atoms with Gasteiger partial charge in [0.1, 0.15) is 0 Å². The standard InChI is InChI=1S/C12H16N2OS/c15-11(9-5-3-7-13-9)12-14-8-4-1-2-6-10(8)16-12/h9,13H,1-7H2. The number of rotatable bonds is 2. The number of nitrogens with zero attached hydrogens (tertiary/aromatic N) is 1. The molecule has 2 aliphatic rings. The molecule has 1 aliphatic carbocycles. The van der Waals surface area contributed by atoms with Crippen molar-refractivity contribution in [3.63, 3.8) is 0 Å². The van der Waals surface area contributed by atoms with Gasteiger partial charge >= 0.3 is 0 Å². The number of thiazole rings is 1. The Balaban J connectivity index is 1.83. The van der Waals surface area contributed by atoms with E-state index >= 15 is 0 Å². The van der Waals surface area contributed by atoms with E-state index in [9.17, 15) is 4.79 Å². The summed E-state index contributed by atoms with van der Waals surface area (Å²) in [7, 11) is 0. The first-order valence-electron chi connectivity index (χ1n) is 6.11. The van der Waals surface area contributed by atoms with Gasteiger partial charge in [0.2, 0.25) is 5.78 Å². The minimum absolute atomic E-state index is 0.0348. The molecule has 1 unspecified atom stereocenters.